The summed E-state index contributed by atoms with van der Waals surface area (Å²) in [6, 6.07) is 13.5. The first-order valence-electron chi connectivity index (χ1n) is 6.20. The standard InChI is InChI=1S/C16H11ClN2O/c1-10-2-5-15-14(8-10)19-16(20-15)12-4-3-11(6-7-18)13(17)9-12/h2-5,8-9H,6H2,1H3. The van der Waals surface area contributed by atoms with Gasteiger partial charge in [0.15, 0.2) is 5.58 Å². The Morgan fingerprint density at radius 2 is 2.10 bits per heavy atom. The van der Waals surface area contributed by atoms with Gasteiger partial charge in [0.25, 0.3) is 0 Å². The number of oxazole rings is 1. The van der Waals surface area contributed by atoms with E-state index < -0.39 is 0 Å². The van der Waals surface area contributed by atoms with Crippen molar-refractivity contribution in [1.29, 1.82) is 5.26 Å². The highest BCUT2D eigenvalue weighted by Crippen LogP contribution is 2.28. The molecule has 0 aliphatic rings. The van der Waals surface area contributed by atoms with Crippen LogP contribution in [0.2, 0.25) is 5.02 Å². The topological polar surface area (TPSA) is 49.8 Å². The minimum absolute atomic E-state index is 0.297. The zero-order valence-electron chi connectivity index (χ0n) is 10.9. The second-order valence-corrected chi connectivity index (χ2v) is 5.04. The summed E-state index contributed by atoms with van der Waals surface area (Å²) in [7, 11) is 0. The molecule has 0 amide bonds. The fourth-order valence-electron chi connectivity index (χ4n) is 2.07. The summed E-state index contributed by atoms with van der Waals surface area (Å²) >= 11 is 6.16. The average molecular weight is 283 g/mol. The van der Waals surface area contributed by atoms with Crippen LogP contribution in [0.4, 0.5) is 0 Å². The van der Waals surface area contributed by atoms with Gasteiger partial charge >= 0.3 is 0 Å². The van der Waals surface area contributed by atoms with Gasteiger partial charge in [-0.3, -0.25) is 0 Å². The van der Waals surface area contributed by atoms with E-state index in [-0.39, 0.29) is 0 Å². The van der Waals surface area contributed by atoms with Gasteiger partial charge in [-0.15, -0.1) is 0 Å². The fourth-order valence-corrected chi connectivity index (χ4v) is 2.32. The molecule has 0 atom stereocenters. The first-order valence-corrected chi connectivity index (χ1v) is 6.58. The number of hydrogen-bond acceptors (Lipinski definition) is 3. The minimum atomic E-state index is 0.297. The lowest BCUT2D eigenvalue weighted by atomic mass is 10.1. The quantitative estimate of drug-likeness (QED) is 0.694. The summed E-state index contributed by atoms with van der Waals surface area (Å²) in [6.07, 6.45) is 0.297. The molecule has 0 saturated carbocycles. The normalized spacial score (nSPS) is 10.7. The van der Waals surface area contributed by atoms with E-state index in [9.17, 15) is 0 Å². The molecule has 0 bridgehead atoms. The van der Waals surface area contributed by atoms with E-state index in [1.54, 1.807) is 6.07 Å². The van der Waals surface area contributed by atoms with Crippen molar-refractivity contribution in [1.82, 2.24) is 4.98 Å². The number of rotatable bonds is 2. The van der Waals surface area contributed by atoms with E-state index in [1.165, 1.54) is 0 Å². The maximum absolute atomic E-state index is 8.71. The molecule has 2 aromatic carbocycles. The van der Waals surface area contributed by atoms with E-state index in [4.69, 9.17) is 21.3 Å². The Balaban J connectivity index is 2.07. The summed E-state index contributed by atoms with van der Waals surface area (Å²) in [6.45, 7) is 2.02. The lowest BCUT2D eigenvalue weighted by Crippen LogP contribution is -1.85. The molecule has 3 aromatic rings. The summed E-state index contributed by atoms with van der Waals surface area (Å²) in [5.41, 5.74) is 4.34. The molecular weight excluding hydrogens is 272 g/mol. The summed E-state index contributed by atoms with van der Waals surface area (Å²) in [5, 5.41) is 9.27. The maximum Gasteiger partial charge on any atom is 0.227 e. The van der Waals surface area contributed by atoms with Gasteiger partial charge in [0.2, 0.25) is 5.89 Å². The number of hydrogen-bond donors (Lipinski definition) is 0. The molecule has 1 aromatic heterocycles. The summed E-state index contributed by atoms with van der Waals surface area (Å²) < 4.78 is 5.73. The van der Waals surface area contributed by atoms with Crippen LogP contribution in [0.25, 0.3) is 22.6 Å². The van der Waals surface area contributed by atoms with Crippen molar-refractivity contribution in [3.63, 3.8) is 0 Å². The van der Waals surface area contributed by atoms with Gasteiger partial charge in [-0.05, 0) is 42.3 Å². The highest BCUT2D eigenvalue weighted by molar-refractivity contribution is 6.31. The van der Waals surface area contributed by atoms with Gasteiger partial charge in [-0.25, -0.2) is 4.98 Å². The number of halogens is 1. The van der Waals surface area contributed by atoms with Gasteiger partial charge in [0.05, 0.1) is 12.5 Å². The highest BCUT2D eigenvalue weighted by atomic mass is 35.5. The van der Waals surface area contributed by atoms with E-state index in [0.29, 0.717) is 17.3 Å². The zero-order valence-corrected chi connectivity index (χ0v) is 11.6. The first kappa shape index (κ1) is 12.7. The lowest BCUT2D eigenvalue weighted by molar-refractivity contribution is 0.620. The van der Waals surface area contributed by atoms with Gasteiger partial charge < -0.3 is 4.42 Å². The number of aryl methyl sites for hydroxylation is 1. The number of aromatic nitrogens is 1. The van der Waals surface area contributed by atoms with E-state index in [0.717, 1.165) is 27.8 Å². The Morgan fingerprint density at radius 3 is 2.85 bits per heavy atom. The van der Waals surface area contributed by atoms with Crippen LogP contribution < -0.4 is 0 Å². The van der Waals surface area contributed by atoms with Crippen molar-refractivity contribution < 1.29 is 4.42 Å². The molecular formula is C16H11ClN2O. The molecule has 3 nitrogen and oxygen atoms in total. The smallest absolute Gasteiger partial charge is 0.227 e. The first-order chi connectivity index (χ1) is 9.67. The predicted octanol–water partition coefficient (Wildman–Crippen LogP) is 4.52. The summed E-state index contributed by atoms with van der Waals surface area (Å²) in [5.74, 6) is 0.538. The van der Waals surface area contributed by atoms with Crippen LogP contribution in [0.5, 0.6) is 0 Å². The lowest BCUT2D eigenvalue weighted by Gasteiger charge is -2.01. The van der Waals surface area contributed by atoms with Crippen molar-refractivity contribution >= 4 is 22.7 Å². The Bertz CT molecular complexity index is 830. The molecule has 0 radical (unpaired) electrons. The molecule has 1 heterocycles. The molecule has 0 aliphatic carbocycles. The third-order valence-electron chi connectivity index (χ3n) is 3.11. The second-order valence-electron chi connectivity index (χ2n) is 4.63. The predicted molar refractivity (Wildman–Crippen MR) is 78.5 cm³/mol. The van der Waals surface area contributed by atoms with Crippen LogP contribution in [0.3, 0.4) is 0 Å². The van der Waals surface area contributed by atoms with Gasteiger partial charge in [0, 0.05) is 10.6 Å². The third-order valence-corrected chi connectivity index (χ3v) is 3.46. The van der Waals surface area contributed by atoms with Crippen LogP contribution in [0, 0.1) is 18.3 Å². The summed E-state index contributed by atoms with van der Waals surface area (Å²) in [4.78, 5) is 4.47. The Labute approximate surface area is 121 Å². The van der Waals surface area contributed by atoms with E-state index in [1.807, 2.05) is 37.3 Å². The monoisotopic (exact) mass is 282 g/mol. The Morgan fingerprint density at radius 1 is 1.25 bits per heavy atom. The van der Waals surface area contributed by atoms with Crippen molar-refractivity contribution in [3.05, 3.63) is 52.5 Å². The zero-order chi connectivity index (χ0) is 14.1. The average Bonchev–Trinajstić information content (AvgIpc) is 2.84. The highest BCUT2D eigenvalue weighted by Gasteiger charge is 2.10. The molecule has 0 fully saturated rings. The van der Waals surface area contributed by atoms with Crippen LogP contribution in [0.1, 0.15) is 11.1 Å². The largest absolute Gasteiger partial charge is 0.436 e. The molecule has 4 heteroatoms. The Hall–Kier alpha value is -2.31. The molecule has 98 valence electrons. The number of benzene rings is 2. The number of fused-ring (bicyclic) bond motifs is 1. The molecule has 0 aliphatic heterocycles. The van der Waals surface area contributed by atoms with Crippen LogP contribution in [0.15, 0.2) is 40.8 Å². The third kappa shape index (κ3) is 2.26. The van der Waals surface area contributed by atoms with Gasteiger partial charge in [-0.2, -0.15) is 5.26 Å². The van der Waals surface area contributed by atoms with Crippen molar-refractivity contribution in [2.45, 2.75) is 13.3 Å². The molecule has 3 rings (SSSR count). The van der Waals surface area contributed by atoms with E-state index in [2.05, 4.69) is 11.1 Å². The Kier molecular flexibility index (Phi) is 3.17. The molecule has 0 unspecified atom stereocenters. The van der Waals surface area contributed by atoms with Gasteiger partial charge in [-0.1, -0.05) is 23.7 Å². The maximum atomic E-state index is 8.71. The fraction of sp³-hybridized carbons (Fsp3) is 0.125. The number of nitrogens with zero attached hydrogens (tertiary/aromatic N) is 2. The minimum Gasteiger partial charge on any atom is -0.436 e. The van der Waals surface area contributed by atoms with Crippen LogP contribution in [-0.2, 0) is 6.42 Å². The molecule has 0 spiro atoms. The molecule has 0 saturated heterocycles. The van der Waals surface area contributed by atoms with Crippen molar-refractivity contribution in [3.8, 4) is 17.5 Å². The molecule has 20 heavy (non-hydrogen) atoms. The SMILES string of the molecule is Cc1ccc2oc(-c3ccc(CC#N)c(Cl)c3)nc2c1. The second kappa shape index (κ2) is 4.99. The molecule has 0 N–H and O–H groups in total. The van der Waals surface area contributed by atoms with Crippen LogP contribution in [-0.4, -0.2) is 4.98 Å². The van der Waals surface area contributed by atoms with Crippen LogP contribution >= 0.6 is 11.6 Å². The van der Waals surface area contributed by atoms with Crippen molar-refractivity contribution in [2.24, 2.45) is 0 Å². The van der Waals surface area contributed by atoms with Crippen molar-refractivity contribution in [2.75, 3.05) is 0 Å². The number of nitriles is 1. The van der Waals surface area contributed by atoms with Gasteiger partial charge in [0.1, 0.15) is 5.52 Å². The van der Waals surface area contributed by atoms with E-state index >= 15 is 0 Å².